The third-order valence-electron chi connectivity index (χ3n) is 11.8. The van der Waals surface area contributed by atoms with Crippen molar-refractivity contribution in [1.82, 2.24) is 69.7 Å². The van der Waals surface area contributed by atoms with Crippen molar-refractivity contribution in [3.8, 4) is 45.9 Å². The molecule has 6 aromatic heterocycles. The lowest BCUT2D eigenvalue weighted by Gasteiger charge is -2.22. The summed E-state index contributed by atoms with van der Waals surface area (Å²) in [6.45, 7) is 9.07. The van der Waals surface area contributed by atoms with Crippen molar-refractivity contribution >= 4 is 0 Å². The number of ether oxygens (including phenoxy) is 4. The Morgan fingerprint density at radius 1 is 0.600 bits per heavy atom. The minimum absolute atomic E-state index is 0.345. The second-order valence-corrected chi connectivity index (χ2v) is 15.7. The van der Waals surface area contributed by atoms with E-state index in [1.54, 1.807) is 39.0 Å². The van der Waals surface area contributed by atoms with Crippen molar-refractivity contribution in [2.24, 2.45) is 11.8 Å². The average Bonchev–Trinajstić information content (AvgIpc) is 4.04. The van der Waals surface area contributed by atoms with Gasteiger partial charge in [-0.25, -0.2) is 29.3 Å². The zero-order valence-corrected chi connectivity index (χ0v) is 34.5. The molecular formula is C42H54N14O4. The van der Waals surface area contributed by atoms with E-state index in [1.807, 2.05) is 21.8 Å². The smallest absolute Gasteiger partial charge is 0.316 e. The van der Waals surface area contributed by atoms with Crippen LogP contribution in [0.2, 0.25) is 0 Å². The Morgan fingerprint density at radius 3 is 1.72 bits per heavy atom. The lowest BCUT2D eigenvalue weighted by molar-refractivity contribution is 0.145. The minimum Gasteiger partial charge on any atom is -0.467 e. The number of hydrogen-bond acceptors (Lipinski definition) is 14. The van der Waals surface area contributed by atoms with Crippen LogP contribution in [-0.4, -0.2) is 126 Å². The molecule has 0 atom stereocenters. The van der Waals surface area contributed by atoms with Crippen LogP contribution in [-0.2, 0) is 48.2 Å². The molecule has 0 spiro atoms. The first-order valence-electron chi connectivity index (χ1n) is 21.2. The molecule has 2 saturated heterocycles. The molecule has 316 valence electrons. The Labute approximate surface area is 349 Å². The molecule has 0 bridgehead atoms. The molecular weight excluding hydrogens is 765 g/mol. The summed E-state index contributed by atoms with van der Waals surface area (Å²) in [6, 6.07) is 0.692. The SMILES string of the molecule is COc1ncc(-n2nc(-c3cnn(CC4CCNCC4)c3)c3c2CCOCC3)cn1.COc1ncc(-n2nc3c(c2-c2cnn(CC4CCNCC4)c2)CCOCC3)cn1. The molecule has 4 aliphatic rings. The summed E-state index contributed by atoms with van der Waals surface area (Å²) in [5.41, 5.74) is 10.5. The Balaban J connectivity index is 0.000000154. The van der Waals surface area contributed by atoms with Crippen LogP contribution in [0.5, 0.6) is 12.0 Å². The second-order valence-electron chi connectivity index (χ2n) is 15.7. The fraction of sp³-hybridized carbons (Fsp3) is 0.524. The Bertz CT molecular complexity index is 2300. The molecule has 0 saturated carbocycles. The quantitative estimate of drug-likeness (QED) is 0.205. The van der Waals surface area contributed by atoms with Crippen molar-refractivity contribution in [2.75, 3.05) is 66.8 Å². The number of nitrogens with zero attached hydrogens (tertiary/aromatic N) is 12. The molecule has 10 heterocycles. The van der Waals surface area contributed by atoms with Crippen LogP contribution in [0.1, 0.15) is 48.2 Å². The first kappa shape index (κ1) is 39.9. The fourth-order valence-electron chi connectivity index (χ4n) is 8.66. The molecule has 0 aromatic carbocycles. The van der Waals surface area contributed by atoms with Gasteiger partial charge in [-0.2, -0.15) is 20.4 Å². The molecule has 4 aliphatic heterocycles. The molecule has 10 rings (SSSR count). The number of rotatable bonds is 10. The molecule has 2 fully saturated rings. The van der Waals surface area contributed by atoms with Gasteiger partial charge in [-0.1, -0.05) is 0 Å². The summed E-state index contributed by atoms with van der Waals surface area (Å²) in [5, 5.41) is 26.0. The van der Waals surface area contributed by atoms with Crippen LogP contribution in [0.4, 0.5) is 0 Å². The van der Waals surface area contributed by atoms with Crippen molar-refractivity contribution in [3.05, 3.63) is 72.1 Å². The Hall–Kier alpha value is -5.56. The topological polar surface area (TPSA) is 184 Å². The monoisotopic (exact) mass is 818 g/mol. The van der Waals surface area contributed by atoms with Crippen LogP contribution < -0.4 is 20.1 Å². The van der Waals surface area contributed by atoms with Gasteiger partial charge in [0.05, 0.1) is 101 Å². The second kappa shape index (κ2) is 18.8. The van der Waals surface area contributed by atoms with E-state index in [1.165, 1.54) is 36.8 Å². The summed E-state index contributed by atoms with van der Waals surface area (Å²) >= 11 is 0. The molecule has 0 aliphatic carbocycles. The number of piperidine rings is 2. The summed E-state index contributed by atoms with van der Waals surface area (Å²) < 4.78 is 29.7. The predicted molar refractivity (Wildman–Crippen MR) is 221 cm³/mol. The van der Waals surface area contributed by atoms with E-state index in [0.717, 1.165) is 110 Å². The van der Waals surface area contributed by atoms with Gasteiger partial charge < -0.3 is 29.6 Å². The summed E-state index contributed by atoms with van der Waals surface area (Å²) in [6.07, 6.45) is 23.2. The van der Waals surface area contributed by atoms with Crippen molar-refractivity contribution in [3.63, 3.8) is 0 Å². The number of hydrogen-bond donors (Lipinski definition) is 2. The van der Waals surface area contributed by atoms with E-state index in [0.29, 0.717) is 50.3 Å². The average molecular weight is 819 g/mol. The van der Waals surface area contributed by atoms with Crippen molar-refractivity contribution in [1.29, 1.82) is 0 Å². The molecule has 6 aromatic rings. The van der Waals surface area contributed by atoms with Gasteiger partial charge in [0.2, 0.25) is 0 Å². The maximum atomic E-state index is 5.74. The highest BCUT2D eigenvalue weighted by Crippen LogP contribution is 2.32. The zero-order chi connectivity index (χ0) is 40.7. The molecule has 18 heteroatoms. The van der Waals surface area contributed by atoms with E-state index in [4.69, 9.17) is 29.1 Å². The highest BCUT2D eigenvalue weighted by Gasteiger charge is 2.26. The van der Waals surface area contributed by atoms with Crippen LogP contribution in [0.25, 0.3) is 33.9 Å². The van der Waals surface area contributed by atoms with Gasteiger partial charge in [0.1, 0.15) is 11.4 Å². The molecule has 18 nitrogen and oxygen atoms in total. The minimum atomic E-state index is 0.345. The molecule has 0 unspecified atom stereocenters. The van der Waals surface area contributed by atoms with Crippen molar-refractivity contribution < 1.29 is 18.9 Å². The Kier molecular flexibility index (Phi) is 12.5. The summed E-state index contributed by atoms with van der Waals surface area (Å²) in [7, 11) is 3.12. The van der Waals surface area contributed by atoms with E-state index in [9.17, 15) is 0 Å². The first-order valence-corrected chi connectivity index (χ1v) is 21.2. The molecule has 2 N–H and O–H groups in total. The van der Waals surface area contributed by atoms with Gasteiger partial charge in [-0.15, -0.1) is 0 Å². The third-order valence-corrected chi connectivity index (χ3v) is 11.8. The number of methoxy groups -OCH3 is 2. The van der Waals surface area contributed by atoms with Crippen LogP contribution in [0.15, 0.2) is 49.6 Å². The fourth-order valence-corrected chi connectivity index (χ4v) is 8.66. The number of fused-ring (bicyclic) bond motifs is 2. The van der Waals surface area contributed by atoms with E-state index >= 15 is 0 Å². The summed E-state index contributed by atoms with van der Waals surface area (Å²) in [4.78, 5) is 17.0. The van der Waals surface area contributed by atoms with Crippen LogP contribution in [0.3, 0.4) is 0 Å². The van der Waals surface area contributed by atoms with Gasteiger partial charge in [0.15, 0.2) is 0 Å². The summed E-state index contributed by atoms with van der Waals surface area (Å²) in [5.74, 6) is 1.35. The van der Waals surface area contributed by atoms with Gasteiger partial charge in [0, 0.05) is 60.6 Å². The van der Waals surface area contributed by atoms with E-state index in [-0.39, 0.29) is 0 Å². The molecule has 0 amide bonds. The first-order chi connectivity index (χ1) is 29.6. The Morgan fingerprint density at radius 2 is 1.12 bits per heavy atom. The van der Waals surface area contributed by atoms with Gasteiger partial charge in [0.25, 0.3) is 0 Å². The normalized spacial score (nSPS) is 17.5. The van der Waals surface area contributed by atoms with Gasteiger partial charge >= 0.3 is 12.0 Å². The van der Waals surface area contributed by atoms with Gasteiger partial charge in [-0.05, 0) is 76.5 Å². The maximum Gasteiger partial charge on any atom is 0.316 e. The van der Waals surface area contributed by atoms with Crippen molar-refractivity contribution in [2.45, 2.75) is 64.5 Å². The van der Waals surface area contributed by atoms with E-state index in [2.05, 4.69) is 62.5 Å². The predicted octanol–water partition coefficient (Wildman–Crippen LogP) is 3.30. The largest absolute Gasteiger partial charge is 0.467 e. The number of aromatic nitrogens is 12. The zero-order valence-electron chi connectivity index (χ0n) is 34.5. The lowest BCUT2D eigenvalue weighted by Crippen LogP contribution is -2.29. The standard InChI is InChI=1S/2C21H27N7O2/c1-29-21-23-11-17(12-24-21)28-19-5-9-30-8-4-18(19)20(26-28)16-10-25-27(14-16)13-15-2-6-22-7-3-15;1-29-21-23-11-17(12-24-21)28-20(18-4-8-30-9-5-19(18)26-28)16-10-25-27(14-16)13-15-2-6-22-7-3-15/h2*10-12,14-15,22H,2-9,13H2,1H3. The van der Waals surface area contributed by atoms with Gasteiger partial charge in [-0.3, -0.25) is 9.36 Å². The van der Waals surface area contributed by atoms with E-state index < -0.39 is 0 Å². The third kappa shape index (κ3) is 8.96. The molecule has 60 heavy (non-hydrogen) atoms. The number of nitrogens with one attached hydrogen (secondary N) is 2. The molecule has 0 radical (unpaired) electrons. The maximum absolute atomic E-state index is 5.74. The highest BCUT2D eigenvalue weighted by atomic mass is 16.5. The highest BCUT2D eigenvalue weighted by molar-refractivity contribution is 5.66. The van der Waals surface area contributed by atoms with Crippen LogP contribution in [0, 0.1) is 11.8 Å². The lowest BCUT2D eigenvalue weighted by atomic mass is 9.98. The van der Waals surface area contributed by atoms with Crippen LogP contribution >= 0.6 is 0 Å².